The molecule has 96 valence electrons. The molecule has 0 spiro atoms. The van der Waals surface area contributed by atoms with Crippen LogP contribution < -0.4 is 10.6 Å². The number of halogens is 1. The minimum Gasteiger partial charge on any atom is -0.372 e. The second-order valence-corrected chi connectivity index (χ2v) is 4.95. The number of nitrogens with two attached hydrogens (primary N) is 1. The van der Waals surface area contributed by atoms with Crippen LogP contribution in [0, 0.1) is 0 Å². The van der Waals surface area contributed by atoms with E-state index in [0.717, 1.165) is 18.8 Å². The van der Waals surface area contributed by atoms with E-state index in [4.69, 9.17) is 5.73 Å². The summed E-state index contributed by atoms with van der Waals surface area (Å²) in [5.41, 5.74) is 6.71. The van der Waals surface area contributed by atoms with E-state index in [1.165, 1.54) is 0 Å². The lowest BCUT2D eigenvalue weighted by atomic mass is 9.94. The molecule has 0 heterocycles. The maximum atomic E-state index is 14.0. The van der Waals surface area contributed by atoms with E-state index >= 15 is 0 Å². The zero-order valence-electron chi connectivity index (χ0n) is 11.2. The van der Waals surface area contributed by atoms with Crippen LogP contribution in [0.2, 0.25) is 0 Å². The van der Waals surface area contributed by atoms with Gasteiger partial charge < -0.3 is 10.6 Å². The van der Waals surface area contributed by atoms with E-state index in [0.29, 0.717) is 5.56 Å². The first-order chi connectivity index (χ1) is 7.90. The van der Waals surface area contributed by atoms with Crippen molar-refractivity contribution in [3.05, 3.63) is 29.8 Å². The lowest BCUT2D eigenvalue weighted by Crippen LogP contribution is -2.37. The van der Waals surface area contributed by atoms with Crippen LogP contribution in [0.5, 0.6) is 0 Å². The maximum absolute atomic E-state index is 14.0. The summed E-state index contributed by atoms with van der Waals surface area (Å²) in [4.78, 5) is 2.23. The summed E-state index contributed by atoms with van der Waals surface area (Å²) < 4.78 is 14.0. The van der Waals surface area contributed by atoms with Gasteiger partial charge in [-0.2, -0.15) is 0 Å². The molecule has 0 bridgehead atoms. The summed E-state index contributed by atoms with van der Waals surface area (Å²) in [5, 5.41) is 0. The molecular weight excluding hydrogens is 215 g/mol. The van der Waals surface area contributed by atoms with E-state index < -0.39 is 11.7 Å². The molecule has 1 rings (SSSR count). The molecule has 1 aromatic carbocycles. The molecule has 0 aromatic heterocycles. The molecule has 0 radical (unpaired) electrons. The third-order valence-corrected chi connectivity index (χ3v) is 2.97. The standard InChI is InChI=1S/C14H23FN2/c1-5-17(6-2)12-9-7-11(8-10-12)13(15)14(3,4)16/h7-10,13H,5-6,16H2,1-4H3. The molecule has 0 aliphatic rings. The average Bonchev–Trinajstić information content (AvgIpc) is 2.29. The van der Waals surface area contributed by atoms with Crippen LogP contribution >= 0.6 is 0 Å². The van der Waals surface area contributed by atoms with E-state index in [1.807, 2.05) is 24.3 Å². The van der Waals surface area contributed by atoms with Crippen LogP contribution in [0.1, 0.15) is 39.4 Å². The van der Waals surface area contributed by atoms with Gasteiger partial charge in [-0.3, -0.25) is 0 Å². The van der Waals surface area contributed by atoms with Crippen molar-refractivity contribution in [2.75, 3.05) is 18.0 Å². The van der Waals surface area contributed by atoms with Gasteiger partial charge in [-0.25, -0.2) is 4.39 Å². The summed E-state index contributed by atoms with van der Waals surface area (Å²) in [5.74, 6) is 0. The average molecular weight is 238 g/mol. The Kier molecular flexibility index (Phi) is 4.52. The Bertz CT molecular complexity index is 336. The van der Waals surface area contributed by atoms with Crippen LogP contribution in [0.25, 0.3) is 0 Å². The summed E-state index contributed by atoms with van der Waals surface area (Å²) in [6.45, 7) is 9.54. The van der Waals surface area contributed by atoms with Gasteiger partial charge >= 0.3 is 0 Å². The monoisotopic (exact) mass is 238 g/mol. The second-order valence-electron chi connectivity index (χ2n) is 4.95. The summed E-state index contributed by atoms with van der Waals surface area (Å²) in [7, 11) is 0. The fraction of sp³-hybridized carbons (Fsp3) is 0.571. The molecular formula is C14H23FN2. The summed E-state index contributed by atoms with van der Waals surface area (Å²) in [6, 6.07) is 7.57. The fourth-order valence-electron chi connectivity index (χ4n) is 1.87. The number of alkyl halides is 1. The molecule has 3 heteroatoms. The highest BCUT2D eigenvalue weighted by Gasteiger charge is 2.26. The molecule has 0 aliphatic carbocycles. The quantitative estimate of drug-likeness (QED) is 0.853. The summed E-state index contributed by atoms with van der Waals surface area (Å²) >= 11 is 0. The van der Waals surface area contributed by atoms with Gasteiger partial charge in [0.1, 0.15) is 6.17 Å². The number of hydrogen-bond acceptors (Lipinski definition) is 2. The highest BCUT2D eigenvalue weighted by molar-refractivity contribution is 5.47. The molecule has 1 unspecified atom stereocenters. The topological polar surface area (TPSA) is 29.3 Å². The van der Waals surface area contributed by atoms with Crippen LogP contribution in [0.3, 0.4) is 0 Å². The van der Waals surface area contributed by atoms with Crippen LogP contribution in [0.15, 0.2) is 24.3 Å². The highest BCUT2D eigenvalue weighted by atomic mass is 19.1. The van der Waals surface area contributed by atoms with Crippen LogP contribution in [-0.2, 0) is 0 Å². The Morgan fingerprint density at radius 3 is 2.00 bits per heavy atom. The largest absolute Gasteiger partial charge is 0.372 e. The van der Waals surface area contributed by atoms with Gasteiger partial charge in [0.25, 0.3) is 0 Å². The van der Waals surface area contributed by atoms with Crippen molar-refractivity contribution in [3.63, 3.8) is 0 Å². The van der Waals surface area contributed by atoms with Crippen LogP contribution in [0.4, 0.5) is 10.1 Å². The van der Waals surface area contributed by atoms with Gasteiger partial charge in [-0.1, -0.05) is 12.1 Å². The van der Waals surface area contributed by atoms with Gasteiger partial charge in [0.15, 0.2) is 0 Å². The number of benzene rings is 1. The normalized spacial score (nSPS) is 13.5. The number of rotatable bonds is 5. The predicted molar refractivity (Wildman–Crippen MR) is 72.1 cm³/mol. The van der Waals surface area contributed by atoms with Gasteiger partial charge in [0.05, 0.1) is 0 Å². The van der Waals surface area contributed by atoms with Crippen molar-refractivity contribution in [2.24, 2.45) is 5.73 Å². The van der Waals surface area contributed by atoms with Crippen molar-refractivity contribution in [1.82, 2.24) is 0 Å². The Balaban J connectivity index is 2.88. The third kappa shape index (κ3) is 3.43. The number of anilines is 1. The Morgan fingerprint density at radius 2 is 1.65 bits per heavy atom. The molecule has 2 nitrogen and oxygen atoms in total. The molecule has 17 heavy (non-hydrogen) atoms. The number of nitrogens with zero attached hydrogens (tertiary/aromatic N) is 1. The first-order valence-electron chi connectivity index (χ1n) is 6.18. The van der Waals surface area contributed by atoms with Crippen molar-refractivity contribution in [3.8, 4) is 0 Å². The maximum Gasteiger partial charge on any atom is 0.142 e. The number of hydrogen-bond donors (Lipinski definition) is 1. The molecule has 0 aliphatic heterocycles. The Labute approximate surface area is 104 Å². The van der Waals surface area contributed by atoms with Crippen molar-refractivity contribution in [1.29, 1.82) is 0 Å². The predicted octanol–water partition coefficient (Wildman–Crippen LogP) is 3.28. The lowest BCUT2D eigenvalue weighted by Gasteiger charge is -2.25. The van der Waals surface area contributed by atoms with E-state index in [1.54, 1.807) is 13.8 Å². The molecule has 1 atom stereocenters. The first-order valence-corrected chi connectivity index (χ1v) is 6.18. The van der Waals surface area contributed by atoms with Gasteiger partial charge in [-0.05, 0) is 45.4 Å². The molecule has 0 amide bonds. The molecule has 0 saturated carbocycles. The minimum atomic E-state index is -1.13. The van der Waals surface area contributed by atoms with E-state index in [9.17, 15) is 4.39 Å². The third-order valence-electron chi connectivity index (χ3n) is 2.97. The molecule has 1 aromatic rings. The van der Waals surface area contributed by atoms with Crippen LogP contribution in [-0.4, -0.2) is 18.6 Å². The molecule has 0 saturated heterocycles. The minimum absolute atomic E-state index is 0.647. The SMILES string of the molecule is CCN(CC)c1ccc(C(F)C(C)(C)N)cc1. The second kappa shape index (κ2) is 5.50. The highest BCUT2D eigenvalue weighted by Crippen LogP contribution is 2.28. The van der Waals surface area contributed by atoms with Gasteiger partial charge in [0, 0.05) is 24.3 Å². The summed E-state index contributed by atoms with van der Waals surface area (Å²) in [6.07, 6.45) is -1.13. The zero-order valence-corrected chi connectivity index (χ0v) is 11.2. The van der Waals surface area contributed by atoms with Crippen molar-refractivity contribution < 1.29 is 4.39 Å². The van der Waals surface area contributed by atoms with Crippen molar-refractivity contribution >= 4 is 5.69 Å². The first kappa shape index (κ1) is 14.0. The fourth-order valence-corrected chi connectivity index (χ4v) is 1.87. The molecule has 0 fully saturated rings. The van der Waals surface area contributed by atoms with E-state index in [-0.39, 0.29) is 0 Å². The zero-order chi connectivity index (χ0) is 13.1. The smallest absolute Gasteiger partial charge is 0.142 e. The van der Waals surface area contributed by atoms with Gasteiger partial charge in [0.2, 0.25) is 0 Å². The van der Waals surface area contributed by atoms with Gasteiger partial charge in [-0.15, -0.1) is 0 Å². The van der Waals surface area contributed by atoms with Crippen molar-refractivity contribution in [2.45, 2.75) is 39.4 Å². The lowest BCUT2D eigenvalue weighted by molar-refractivity contribution is 0.223. The van der Waals surface area contributed by atoms with E-state index in [2.05, 4.69) is 18.7 Å². The Morgan fingerprint density at radius 1 is 1.18 bits per heavy atom. The Hall–Kier alpha value is -1.09. The molecule has 2 N–H and O–H groups in total.